The van der Waals surface area contributed by atoms with Crippen LogP contribution in [0.15, 0.2) is 47.4 Å². The molecule has 0 aromatic heterocycles. The molecular formula is C24H29N3O4S. The summed E-state index contributed by atoms with van der Waals surface area (Å²) in [6, 6.07) is 12.1. The first-order valence-corrected chi connectivity index (χ1v) is 12.5. The summed E-state index contributed by atoms with van der Waals surface area (Å²) in [4.78, 5) is 26.6. The second-order valence-electron chi connectivity index (χ2n) is 8.55. The van der Waals surface area contributed by atoms with Crippen molar-refractivity contribution in [1.29, 1.82) is 0 Å². The molecule has 170 valence electrons. The minimum Gasteiger partial charge on any atom is -0.343 e. The lowest BCUT2D eigenvalue weighted by Gasteiger charge is -2.37. The van der Waals surface area contributed by atoms with E-state index in [9.17, 15) is 18.0 Å². The fourth-order valence-electron chi connectivity index (χ4n) is 4.65. The highest BCUT2D eigenvalue weighted by molar-refractivity contribution is 7.89. The van der Waals surface area contributed by atoms with Crippen LogP contribution in [0, 0.1) is 6.92 Å². The zero-order valence-electron chi connectivity index (χ0n) is 18.5. The number of anilines is 1. The third-order valence-corrected chi connectivity index (χ3v) is 8.17. The van der Waals surface area contributed by atoms with Gasteiger partial charge < -0.3 is 10.2 Å². The smallest absolute Gasteiger partial charge is 0.245 e. The van der Waals surface area contributed by atoms with Crippen molar-refractivity contribution in [2.45, 2.75) is 50.5 Å². The van der Waals surface area contributed by atoms with Gasteiger partial charge >= 0.3 is 0 Å². The van der Waals surface area contributed by atoms with Crippen molar-refractivity contribution < 1.29 is 18.0 Å². The number of carbonyl (C=O) groups excluding carboxylic acids is 2. The van der Waals surface area contributed by atoms with E-state index in [0.29, 0.717) is 6.42 Å². The summed E-state index contributed by atoms with van der Waals surface area (Å²) in [6.45, 7) is 4.90. The van der Waals surface area contributed by atoms with E-state index in [2.05, 4.69) is 5.32 Å². The van der Waals surface area contributed by atoms with Gasteiger partial charge in [-0.05, 0) is 55.0 Å². The number of hydrogen-bond acceptors (Lipinski definition) is 4. The van der Waals surface area contributed by atoms with E-state index in [1.54, 1.807) is 18.2 Å². The topological polar surface area (TPSA) is 86.8 Å². The number of hydrogen-bond donors (Lipinski definition) is 1. The van der Waals surface area contributed by atoms with Crippen molar-refractivity contribution in [3.63, 3.8) is 0 Å². The molecule has 2 aliphatic heterocycles. The van der Waals surface area contributed by atoms with Gasteiger partial charge in [0, 0.05) is 33.0 Å². The van der Waals surface area contributed by atoms with Crippen LogP contribution in [0.25, 0.3) is 0 Å². The molecule has 1 atom stereocenters. The van der Waals surface area contributed by atoms with Crippen LogP contribution >= 0.6 is 0 Å². The second kappa shape index (κ2) is 9.03. The molecule has 1 saturated heterocycles. The summed E-state index contributed by atoms with van der Waals surface area (Å²) < 4.78 is 29.3. The fraction of sp³-hybridized carbons (Fsp3) is 0.417. The van der Waals surface area contributed by atoms with Crippen LogP contribution in [0.3, 0.4) is 0 Å². The third kappa shape index (κ3) is 4.42. The van der Waals surface area contributed by atoms with Gasteiger partial charge in [-0.3, -0.25) is 9.59 Å². The van der Waals surface area contributed by atoms with Crippen LogP contribution in [0.2, 0.25) is 0 Å². The fourth-order valence-corrected chi connectivity index (χ4v) is 6.49. The third-order valence-electron chi connectivity index (χ3n) is 6.22. The second-order valence-corrected chi connectivity index (χ2v) is 10.4. The molecule has 8 heteroatoms. The lowest BCUT2D eigenvalue weighted by Crippen LogP contribution is -2.42. The molecule has 0 aliphatic carbocycles. The molecule has 0 saturated carbocycles. The minimum absolute atomic E-state index is 0.0178. The Morgan fingerprint density at radius 2 is 1.78 bits per heavy atom. The highest BCUT2D eigenvalue weighted by Gasteiger charge is 2.39. The predicted molar refractivity (Wildman–Crippen MR) is 123 cm³/mol. The normalized spacial score (nSPS) is 18.9. The number of rotatable bonds is 5. The first kappa shape index (κ1) is 22.5. The standard InChI is InChI=1S/C24H29N3O4S/c1-17-9-10-21(25-18(2)28)23(15-17)32(30,31)27-14-11-19-7-3-4-8-20(19)22(27)16-24(29)26-12-5-6-13-26/h3-4,7-10,15,22H,5-6,11-14,16H2,1-2H3,(H,25,28). The molecule has 4 rings (SSSR count). The van der Waals surface area contributed by atoms with Gasteiger partial charge in [-0.1, -0.05) is 30.3 Å². The van der Waals surface area contributed by atoms with Gasteiger partial charge in [-0.25, -0.2) is 8.42 Å². The van der Waals surface area contributed by atoms with Gasteiger partial charge in [0.05, 0.1) is 11.7 Å². The Bertz CT molecular complexity index is 1140. The lowest BCUT2D eigenvalue weighted by atomic mass is 9.92. The van der Waals surface area contributed by atoms with Crippen LogP contribution in [0.4, 0.5) is 5.69 Å². The Balaban J connectivity index is 1.76. The SMILES string of the molecule is CC(=O)Nc1ccc(C)cc1S(=O)(=O)N1CCc2ccccc2C1CC(=O)N1CCCC1. The minimum atomic E-state index is -3.97. The average molecular weight is 456 g/mol. The summed E-state index contributed by atoms with van der Waals surface area (Å²) in [5, 5.41) is 2.65. The molecule has 2 aromatic rings. The van der Waals surface area contributed by atoms with E-state index in [1.807, 2.05) is 36.1 Å². The number of carbonyl (C=O) groups is 2. The summed E-state index contributed by atoms with van der Waals surface area (Å²) in [5.41, 5.74) is 2.99. The number of likely N-dealkylation sites (tertiary alicyclic amines) is 1. The van der Waals surface area contributed by atoms with Crippen molar-refractivity contribution in [2.24, 2.45) is 0 Å². The molecule has 0 bridgehead atoms. The monoisotopic (exact) mass is 455 g/mol. The molecule has 2 amide bonds. The maximum atomic E-state index is 13.9. The van der Waals surface area contributed by atoms with Gasteiger partial charge in [-0.2, -0.15) is 4.31 Å². The van der Waals surface area contributed by atoms with E-state index in [-0.39, 0.29) is 35.4 Å². The largest absolute Gasteiger partial charge is 0.343 e. The van der Waals surface area contributed by atoms with Gasteiger partial charge in [0.1, 0.15) is 4.90 Å². The van der Waals surface area contributed by atoms with Gasteiger partial charge in [0.25, 0.3) is 0 Å². The molecule has 0 spiro atoms. The molecule has 1 unspecified atom stereocenters. The van der Waals surface area contributed by atoms with Crippen molar-refractivity contribution >= 4 is 27.5 Å². The molecule has 0 radical (unpaired) electrons. The Kier molecular flexibility index (Phi) is 6.35. The summed E-state index contributed by atoms with van der Waals surface area (Å²) in [6.07, 6.45) is 2.65. The van der Waals surface area contributed by atoms with Gasteiger partial charge in [0.2, 0.25) is 21.8 Å². The van der Waals surface area contributed by atoms with E-state index in [4.69, 9.17) is 0 Å². The van der Waals surface area contributed by atoms with E-state index >= 15 is 0 Å². The first-order chi connectivity index (χ1) is 15.3. The quantitative estimate of drug-likeness (QED) is 0.750. The van der Waals surface area contributed by atoms with E-state index in [1.165, 1.54) is 11.2 Å². The summed E-state index contributed by atoms with van der Waals surface area (Å²) in [7, 11) is -3.97. The molecule has 2 aromatic carbocycles. The first-order valence-electron chi connectivity index (χ1n) is 11.0. The molecule has 32 heavy (non-hydrogen) atoms. The van der Waals surface area contributed by atoms with Crippen LogP contribution < -0.4 is 5.32 Å². The number of fused-ring (bicyclic) bond motifs is 1. The van der Waals surface area contributed by atoms with Crippen LogP contribution in [-0.4, -0.2) is 49.1 Å². The molecule has 1 N–H and O–H groups in total. The molecule has 2 heterocycles. The van der Waals surface area contributed by atoms with Crippen molar-refractivity contribution in [3.8, 4) is 0 Å². The molecule has 2 aliphatic rings. The zero-order valence-corrected chi connectivity index (χ0v) is 19.3. The number of benzene rings is 2. The average Bonchev–Trinajstić information content (AvgIpc) is 3.30. The van der Waals surface area contributed by atoms with Crippen LogP contribution in [0.1, 0.15) is 48.9 Å². The van der Waals surface area contributed by atoms with Crippen LogP contribution in [0.5, 0.6) is 0 Å². The van der Waals surface area contributed by atoms with E-state index in [0.717, 1.165) is 42.6 Å². The Morgan fingerprint density at radius 1 is 1.06 bits per heavy atom. The number of amides is 2. The highest BCUT2D eigenvalue weighted by atomic mass is 32.2. The summed E-state index contributed by atoms with van der Waals surface area (Å²) >= 11 is 0. The Hall–Kier alpha value is -2.71. The van der Waals surface area contributed by atoms with Crippen molar-refractivity contribution in [1.82, 2.24) is 9.21 Å². The molecule has 7 nitrogen and oxygen atoms in total. The van der Waals surface area contributed by atoms with Crippen LogP contribution in [-0.2, 0) is 26.0 Å². The zero-order chi connectivity index (χ0) is 22.9. The number of nitrogens with zero attached hydrogens (tertiary/aromatic N) is 2. The highest BCUT2D eigenvalue weighted by Crippen LogP contribution is 2.38. The molecular weight excluding hydrogens is 426 g/mol. The Labute approximate surface area is 189 Å². The number of sulfonamides is 1. The van der Waals surface area contributed by atoms with Gasteiger partial charge in [0.15, 0.2) is 0 Å². The van der Waals surface area contributed by atoms with Crippen molar-refractivity contribution in [3.05, 3.63) is 59.2 Å². The number of nitrogens with one attached hydrogen (secondary N) is 1. The lowest BCUT2D eigenvalue weighted by molar-refractivity contribution is -0.131. The molecule has 1 fully saturated rings. The van der Waals surface area contributed by atoms with E-state index < -0.39 is 16.1 Å². The predicted octanol–water partition coefficient (Wildman–Crippen LogP) is 3.25. The van der Waals surface area contributed by atoms with Gasteiger partial charge in [-0.15, -0.1) is 0 Å². The Morgan fingerprint density at radius 3 is 2.50 bits per heavy atom. The van der Waals surface area contributed by atoms with Crippen molar-refractivity contribution in [2.75, 3.05) is 25.0 Å². The maximum Gasteiger partial charge on any atom is 0.245 e. The maximum absolute atomic E-state index is 13.9. The number of aryl methyl sites for hydroxylation is 1. The summed E-state index contributed by atoms with van der Waals surface area (Å²) in [5.74, 6) is -0.356.